The molecule has 6 heteroatoms. The van der Waals surface area contributed by atoms with E-state index in [0.29, 0.717) is 0 Å². The van der Waals surface area contributed by atoms with Gasteiger partial charge in [0.25, 0.3) is 0 Å². The maximum Gasteiger partial charge on any atom is 0.156 e. The second-order valence-electron chi connectivity index (χ2n) is 46.3. The lowest BCUT2D eigenvalue weighted by molar-refractivity contribution is 0.433. The van der Waals surface area contributed by atoms with Crippen molar-refractivity contribution in [1.29, 1.82) is 0 Å². The van der Waals surface area contributed by atoms with Crippen LogP contribution in [0.3, 0.4) is 0 Å². The molecule has 142 heavy (non-hydrogen) atoms. The molecule has 0 saturated heterocycles. The van der Waals surface area contributed by atoms with Gasteiger partial charge >= 0.3 is 0 Å². The Morgan fingerprint density at radius 3 is 0.894 bits per heavy atom. The van der Waals surface area contributed by atoms with E-state index in [-0.39, 0.29) is 27.1 Å². The van der Waals surface area contributed by atoms with Crippen molar-refractivity contribution in [2.45, 2.75) is 178 Å². The predicted molar refractivity (Wildman–Crippen MR) is 583 cm³/mol. The molecule has 0 radical (unpaired) electrons. The van der Waals surface area contributed by atoms with Gasteiger partial charge in [0.1, 0.15) is 34.5 Å². The fourth-order valence-corrected chi connectivity index (χ4v) is 25.2. The molecule has 0 fully saturated rings. The molecule has 0 aromatic heterocycles. The Balaban J connectivity index is 0.668. The standard InChI is InChI=1S/C136H118N2O4/c1-127(2,3)87-57-67-98-99-68-58-88(128(4,5)6)76-110(99)135(109(98)75-87)105-46-30-33-53-120(105)142-126-107(135)48-36-51-118(126)138(95-65-71-102-97-43-27-28-44-103(97)134(113(102)81-95)114-78-90(130(10,11)12)61-72-122(114)140-123-73-62-91(79-115(123)134)131(13,14)15)94-63-55-84(56-64-94)83-132(16,17)92-60-70-101-100-69-59-89(129(7,8)9)77-111(100)136(112(101)80-92)106-47-31-34-54-121(106)141-125-108(136)49-35-50-117(125)137(93-41-25-20-26-42-93)96-66-74-124-116(82-96)133(85-37-21-18-22-38-85,86-39-23-19-24-40-86)104-45-29-32-52-119(104)139-124/h18-82H,83H2,1-17H3. The van der Waals surface area contributed by atoms with Crippen LogP contribution >= 0.6 is 0 Å². The van der Waals surface area contributed by atoms with Crippen LogP contribution in [0.2, 0.25) is 0 Å². The zero-order valence-electron chi connectivity index (χ0n) is 84.3. The van der Waals surface area contributed by atoms with Gasteiger partial charge in [-0.25, -0.2) is 0 Å². The van der Waals surface area contributed by atoms with Crippen molar-refractivity contribution in [2.24, 2.45) is 0 Å². The molecule has 4 heterocycles. The summed E-state index contributed by atoms with van der Waals surface area (Å²) in [5.74, 6) is 6.62. The maximum atomic E-state index is 7.91. The lowest BCUT2D eigenvalue weighted by Gasteiger charge is -2.43. The van der Waals surface area contributed by atoms with E-state index in [9.17, 15) is 0 Å². The summed E-state index contributed by atoms with van der Waals surface area (Å²) in [6, 6.07) is 149. The minimum Gasteiger partial charge on any atom is -0.457 e. The van der Waals surface area contributed by atoms with Crippen LogP contribution in [0, 0.1) is 0 Å². The lowest BCUT2D eigenvalue weighted by Crippen LogP contribution is -2.34. The monoisotopic (exact) mass is 1840 g/mol. The highest BCUT2D eigenvalue weighted by atomic mass is 16.5. The lowest BCUT2D eigenvalue weighted by atomic mass is 9.63. The third kappa shape index (κ3) is 13.0. The van der Waals surface area contributed by atoms with Crippen LogP contribution in [0.15, 0.2) is 394 Å². The molecular formula is C136H118N2O4. The molecule has 25 rings (SSSR count). The number of anilines is 6. The smallest absolute Gasteiger partial charge is 0.156 e. The molecule has 0 N–H and O–H groups in total. The van der Waals surface area contributed by atoms with Gasteiger partial charge in [-0.05, 0) is 265 Å². The van der Waals surface area contributed by atoms with E-state index >= 15 is 0 Å². The second kappa shape index (κ2) is 31.4. The topological polar surface area (TPSA) is 43.4 Å². The number of para-hydroxylation sites is 6. The van der Waals surface area contributed by atoms with Crippen molar-refractivity contribution >= 4 is 34.1 Å². The zero-order valence-corrected chi connectivity index (χ0v) is 84.3. The molecule has 4 aliphatic heterocycles. The second-order valence-corrected chi connectivity index (χ2v) is 46.3. The molecule has 3 aliphatic carbocycles. The summed E-state index contributed by atoms with van der Waals surface area (Å²) in [6.07, 6.45) is 0.725. The summed E-state index contributed by atoms with van der Waals surface area (Å²) in [6.45, 7) is 40.0. The predicted octanol–water partition coefficient (Wildman–Crippen LogP) is 35.5. The molecular weight excluding hydrogens is 1730 g/mol. The number of hydrogen-bond donors (Lipinski definition) is 0. The van der Waals surface area contributed by atoms with Crippen molar-refractivity contribution < 1.29 is 18.9 Å². The molecule has 6 nitrogen and oxygen atoms in total. The van der Waals surface area contributed by atoms with Crippen LogP contribution in [-0.4, -0.2) is 0 Å². The molecule has 1 atom stereocenters. The van der Waals surface area contributed by atoms with E-state index in [0.717, 1.165) is 142 Å². The number of rotatable bonds is 11. The summed E-state index contributed by atoms with van der Waals surface area (Å²) in [5.41, 5.74) is 36.0. The molecule has 0 saturated carbocycles. The van der Waals surface area contributed by atoms with Gasteiger partial charge in [0.15, 0.2) is 11.5 Å². The Bertz CT molecular complexity index is 8080. The summed E-state index contributed by atoms with van der Waals surface area (Å²) in [4.78, 5) is 4.94. The molecule has 18 aromatic rings. The first kappa shape index (κ1) is 88.2. The average Bonchev–Trinajstić information content (AvgIpc) is 1.50. The van der Waals surface area contributed by atoms with Crippen LogP contribution in [0.5, 0.6) is 46.0 Å². The van der Waals surface area contributed by atoms with Crippen molar-refractivity contribution in [3.8, 4) is 79.4 Å². The van der Waals surface area contributed by atoms with E-state index < -0.39 is 27.1 Å². The minimum absolute atomic E-state index is 0.149. The first-order valence-corrected chi connectivity index (χ1v) is 50.7. The SMILES string of the molecule is CC(C)(C)c1ccc2c(c1)C1(c3cc(C(C)(C)C)ccc3O2)c2ccccc2-c2ccc(N(c3ccc(CC(C)(C)c4ccc5c(c4)C4(c6ccccc6Oc6c(N(c7ccccc7)c7ccc8c(c7)C(c7ccccc7)(c7ccccc7)c7ccccc7O8)cccc64)c4cc(C(C)(C)C)ccc4-5)cc3)c3cccc4c3Oc3ccccc3C43c4cc(C(C)(C)C)ccc4-c4ccc(C(C)(C)C)cc43)cc21. The Kier molecular flexibility index (Phi) is 19.5. The van der Waals surface area contributed by atoms with E-state index in [1.54, 1.807) is 0 Å². The zero-order chi connectivity index (χ0) is 97.5. The highest BCUT2D eigenvalue weighted by Gasteiger charge is 2.58. The fourth-order valence-electron chi connectivity index (χ4n) is 25.2. The van der Waals surface area contributed by atoms with Crippen LogP contribution in [-0.2, 0) is 60.6 Å². The van der Waals surface area contributed by atoms with E-state index in [1.165, 1.54) is 106 Å². The molecule has 0 amide bonds. The summed E-state index contributed by atoms with van der Waals surface area (Å²) < 4.78 is 30.1. The van der Waals surface area contributed by atoms with Gasteiger partial charge in [-0.2, -0.15) is 0 Å². The molecule has 7 aliphatic rings. The van der Waals surface area contributed by atoms with Gasteiger partial charge in [0, 0.05) is 67.3 Å². The van der Waals surface area contributed by atoms with E-state index in [2.05, 4.69) is 522 Å². The summed E-state index contributed by atoms with van der Waals surface area (Å²) in [5, 5.41) is 0. The van der Waals surface area contributed by atoms with Gasteiger partial charge in [-0.1, -0.05) is 403 Å². The number of benzene rings is 18. The van der Waals surface area contributed by atoms with Gasteiger partial charge < -0.3 is 28.7 Å². The first-order valence-electron chi connectivity index (χ1n) is 50.7. The Hall–Kier alpha value is -15.2. The third-order valence-corrected chi connectivity index (χ3v) is 32.3. The molecule has 18 aromatic carbocycles. The normalized spacial score (nSPS) is 15.7. The summed E-state index contributed by atoms with van der Waals surface area (Å²) >= 11 is 0. The largest absolute Gasteiger partial charge is 0.457 e. The molecule has 696 valence electrons. The van der Waals surface area contributed by atoms with Crippen LogP contribution in [0.1, 0.15) is 246 Å². The van der Waals surface area contributed by atoms with Gasteiger partial charge in [0.2, 0.25) is 0 Å². The average molecular weight is 1840 g/mol. The number of ether oxygens (including phenoxy) is 4. The molecule has 0 bridgehead atoms. The highest BCUT2D eigenvalue weighted by Crippen LogP contribution is 2.70. The molecule has 1 unspecified atom stereocenters. The third-order valence-electron chi connectivity index (χ3n) is 32.3. The van der Waals surface area contributed by atoms with Gasteiger partial charge in [0.05, 0.1) is 33.0 Å². The van der Waals surface area contributed by atoms with Crippen molar-refractivity contribution in [1.82, 2.24) is 0 Å². The van der Waals surface area contributed by atoms with Crippen molar-refractivity contribution in [2.75, 3.05) is 9.80 Å². The summed E-state index contributed by atoms with van der Waals surface area (Å²) in [7, 11) is 0. The van der Waals surface area contributed by atoms with Gasteiger partial charge in [-0.15, -0.1) is 0 Å². The van der Waals surface area contributed by atoms with E-state index in [4.69, 9.17) is 18.9 Å². The highest BCUT2D eigenvalue weighted by molar-refractivity contribution is 5.98. The molecule has 3 spiro atoms. The maximum absolute atomic E-state index is 7.91. The van der Waals surface area contributed by atoms with E-state index in [1.807, 2.05) is 0 Å². The Morgan fingerprint density at radius 1 is 0.190 bits per heavy atom. The van der Waals surface area contributed by atoms with Crippen molar-refractivity contribution in [3.05, 3.63) is 522 Å². The van der Waals surface area contributed by atoms with Crippen LogP contribution in [0.4, 0.5) is 34.1 Å². The Labute approximate surface area is 837 Å². The van der Waals surface area contributed by atoms with Crippen LogP contribution < -0.4 is 28.7 Å². The quantitative estimate of drug-likeness (QED) is 0.129. The Morgan fingerprint density at radius 2 is 0.465 bits per heavy atom. The number of hydrogen-bond acceptors (Lipinski definition) is 6. The van der Waals surface area contributed by atoms with Gasteiger partial charge in [-0.3, -0.25) is 0 Å². The van der Waals surface area contributed by atoms with Crippen molar-refractivity contribution in [3.63, 3.8) is 0 Å². The fraction of sp³-hybridized carbons (Fsp3) is 0.206. The van der Waals surface area contributed by atoms with Crippen LogP contribution in [0.25, 0.3) is 33.4 Å². The minimum atomic E-state index is -0.867. The number of fused-ring (bicyclic) bond motifs is 29. The first-order chi connectivity index (χ1) is 68.3. The number of nitrogens with zero attached hydrogens (tertiary/aromatic N) is 2.